The first-order valence-corrected chi connectivity index (χ1v) is 13.8. The van der Waals surface area contributed by atoms with Crippen LogP contribution in [0.5, 0.6) is 0 Å². The lowest BCUT2D eigenvalue weighted by molar-refractivity contribution is 0.00473. The van der Waals surface area contributed by atoms with E-state index in [9.17, 15) is 0 Å². The molecule has 2 nitrogen and oxygen atoms in total. The molecule has 0 rings (SSSR count). The second-order valence-corrected chi connectivity index (χ2v) is 14.0. The molecule has 204 valence electrons. The highest BCUT2D eigenvalue weighted by atomic mass is 14.9. The van der Waals surface area contributed by atoms with E-state index in [4.69, 9.17) is 5.26 Å². The van der Waals surface area contributed by atoms with Crippen molar-refractivity contribution in [2.24, 2.45) is 33.5 Å². The van der Waals surface area contributed by atoms with Crippen LogP contribution >= 0.6 is 0 Å². The third-order valence-electron chi connectivity index (χ3n) is 8.01. The monoisotopic (exact) mass is 494 g/mol. The highest BCUT2D eigenvalue weighted by molar-refractivity contribution is 5.26. The van der Waals surface area contributed by atoms with Crippen LogP contribution in [-0.4, -0.2) is 0 Å². The predicted octanol–water partition coefficient (Wildman–Crippen LogP) is 10.5. The Hall–Kier alpha value is -2.01. The van der Waals surface area contributed by atoms with E-state index < -0.39 is 0 Å². The summed E-state index contributed by atoms with van der Waals surface area (Å²) in [4.78, 5) is 0. The molecule has 2 unspecified atom stereocenters. The molecule has 0 saturated heterocycles. The maximum Gasteiger partial charge on any atom is 0.0621 e. The highest BCUT2D eigenvalue weighted by Crippen LogP contribution is 2.55. The van der Waals surface area contributed by atoms with E-state index in [2.05, 4.69) is 118 Å². The predicted molar refractivity (Wildman–Crippen MR) is 161 cm³/mol. The Morgan fingerprint density at radius 1 is 0.889 bits per heavy atom. The van der Waals surface area contributed by atoms with Gasteiger partial charge in [-0.2, -0.15) is 5.26 Å². The van der Waals surface area contributed by atoms with Gasteiger partial charge in [0.25, 0.3) is 0 Å². The fourth-order valence-corrected chi connectivity index (χ4v) is 5.08. The second-order valence-electron chi connectivity index (χ2n) is 14.0. The molecule has 0 amide bonds. The van der Waals surface area contributed by atoms with Crippen molar-refractivity contribution in [1.82, 2.24) is 5.32 Å². The third kappa shape index (κ3) is 10.9. The minimum atomic E-state index is 0.0146. The van der Waals surface area contributed by atoms with Gasteiger partial charge in [0.05, 0.1) is 6.07 Å². The van der Waals surface area contributed by atoms with Crippen LogP contribution in [-0.2, 0) is 0 Å². The molecule has 1 N–H and O–H groups in total. The van der Waals surface area contributed by atoms with Gasteiger partial charge in [-0.25, -0.2) is 0 Å². The van der Waals surface area contributed by atoms with Gasteiger partial charge in [0.2, 0.25) is 0 Å². The molecular weight excluding hydrogens is 436 g/mol. The van der Waals surface area contributed by atoms with Gasteiger partial charge >= 0.3 is 0 Å². The highest BCUT2D eigenvalue weighted by Gasteiger charge is 2.47. The summed E-state index contributed by atoms with van der Waals surface area (Å²) in [6, 6.07) is 2.30. The van der Waals surface area contributed by atoms with Gasteiger partial charge < -0.3 is 5.32 Å². The second kappa shape index (κ2) is 14.1. The van der Waals surface area contributed by atoms with Gasteiger partial charge in [-0.3, -0.25) is 0 Å². The molecule has 0 fully saturated rings. The minimum absolute atomic E-state index is 0.0146. The molecule has 0 spiro atoms. The van der Waals surface area contributed by atoms with Crippen molar-refractivity contribution in [2.75, 3.05) is 0 Å². The molecule has 2 atom stereocenters. The standard InChI is InChI=1S/C34H58N2/c1-15-17-22-28(20-16-2)36-27(4)30(32(8,9)10)25-33(11,12)34(13,14)29(24-31(5,6)7)26(3)21-18-19-23-35/h15-17,20,22,29-30,36H,3-4,18-19,21,24-25H2,1-2,5-14H3/b17-15-,20-16-,28-22+. The lowest BCUT2D eigenvalue weighted by Crippen LogP contribution is -2.44. The normalized spacial score (nSPS) is 15.7. The van der Waals surface area contributed by atoms with Crippen LogP contribution in [0, 0.1) is 44.8 Å². The van der Waals surface area contributed by atoms with Crippen molar-refractivity contribution in [3.8, 4) is 6.07 Å². The third-order valence-corrected chi connectivity index (χ3v) is 8.01. The van der Waals surface area contributed by atoms with E-state index in [1.165, 1.54) is 5.57 Å². The molecule has 0 aliphatic carbocycles. The van der Waals surface area contributed by atoms with Crippen molar-refractivity contribution in [3.63, 3.8) is 0 Å². The molecule has 0 heterocycles. The quantitative estimate of drug-likeness (QED) is 0.148. The minimum Gasteiger partial charge on any atom is -0.359 e. The van der Waals surface area contributed by atoms with E-state index in [1.807, 2.05) is 19.9 Å². The molecule has 0 aliphatic rings. The Bertz CT molecular complexity index is 841. The summed E-state index contributed by atoms with van der Waals surface area (Å²) in [5.74, 6) is 0.661. The number of nitriles is 1. The average molecular weight is 495 g/mol. The van der Waals surface area contributed by atoms with Crippen LogP contribution < -0.4 is 5.32 Å². The first kappa shape index (κ1) is 34.0. The molecule has 0 bridgehead atoms. The van der Waals surface area contributed by atoms with Crippen LogP contribution in [0.4, 0.5) is 0 Å². The lowest BCUT2D eigenvalue weighted by Gasteiger charge is -2.52. The SMILES string of the molecule is C=C(NC(/C=C\C)=C/C=C\C)C(CC(C)(C)C(C)(C)C(CC(C)(C)C)C(=C)CCCC#N)C(C)(C)C. The van der Waals surface area contributed by atoms with Crippen molar-refractivity contribution in [2.45, 2.75) is 115 Å². The Kier molecular flexibility index (Phi) is 13.3. The van der Waals surface area contributed by atoms with E-state index in [-0.39, 0.29) is 27.6 Å². The topological polar surface area (TPSA) is 35.8 Å². The zero-order valence-electron chi connectivity index (χ0n) is 25.9. The maximum atomic E-state index is 9.06. The Labute approximate surface area is 225 Å². The van der Waals surface area contributed by atoms with Crippen LogP contribution in [0.15, 0.2) is 60.5 Å². The van der Waals surface area contributed by atoms with E-state index >= 15 is 0 Å². The molecule has 0 aromatic carbocycles. The molecule has 36 heavy (non-hydrogen) atoms. The summed E-state index contributed by atoms with van der Waals surface area (Å²) < 4.78 is 0. The van der Waals surface area contributed by atoms with Gasteiger partial charge in [0.1, 0.15) is 0 Å². The summed E-state index contributed by atoms with van der Waals surface area (Å²) in [7, 11) is 0. The summed E-state index contributed by atoms with van der Waals surface area (Å²) in [5.41, 5.74) is 3.72. The zero-order valence-corrected chi connectivity index (χ0v) is 25.9. The fraction of sp³-hybridized carbons (Fsp3) is 0.676. The van der Waals surface area contributed by atoms with Crippen LogP contribution in [0.25, 0.3) is 0 Å². The molecule has 0 radical (unpaired) electrons. The largest absolute Gasteiger partial charge is 0.359 e. The molecule has 2 heteroatoms. The Balaban J connectivity index is 6.25. The molecule has 0 aromatic rings. The first-order valence-electron chi connectivity index (χ1n) is 13.8. The molecule has 0 aromatic heterocycles. The number of allylic oxidation sites excluding steroid dienone is 7. The number of hydrogen-bond donors (Lipinski definition) is 1. The molecule has 0 aliphatic heterocycles. The van der Waals surface area contributed by atoms with Crippen molar-refractivity contribution >= 4 is 0 Å². The number of nitrogens with zero attached hydrogens (tertiary/aromatic N) is 1. The Morgan fingerprint density at radius 2 is 1.47 bits per heavy atom. The van der Waals surface area contributed by atoms with E-state index in [0.29, 0.717) is 12.3 Å². The number of nitrogens with one attached hydrogen (secondary N) is 1. The Morgan fingerprint density at radius 3 is 1.92 bits per heavy atom. The number of rotatable bonds is 14. The lowest BCUT2D eigenvalue weighted by atomic mass is 9.53. The number of unbranched alkanes of at least 4 members (excludes halogenated alkanes) is 1. The van der Waals surface area contributed by atoms with Crippen LogP contribution in [0.3, 0.4) is 0 Å². The fourth-order valence-electron chi connectivity index (χ4n) is 5.08. The smallest absolute Gasteiger partial charge is 0.0621 e. The summed E-state index contributed by atoms with van der Waals surface area (Å²) >= 11 is 0. The zero-order chi connectivity index (χ0) is 28.4. The van der Waals surface area contributed by atoms with Crippen molar-refractivity contribution < 1.29 is 0 Å². The summed E-state index contributed by atoms with van der Waals surface area (Å²) in [6.45, 7) is 36.9. The molecule has 0 saturated carbocycles. The van der Waals surface area contributed by atoms with Gasteiger partial charge in [0, 0.05) is 23.7 Å². The van der Waals surface area contributed by atoms with Gasteiger partial charge in [-0.05, 0) is 79.3 Å². The first-order chi connectivity index (χ1) is 16.3. The maximum absolute atomic E-state index is 9.06. The van der Waals surface area contributed by atoms with Crippen LogP contribution in [0.1, 0.15) is 115 Å². The van der Waals surface area contributed by atoms with E-state index in [1.54, 1.807) is 0 Å². The van der Waals surface area contributed by atoms with Crippen LogP contribution in [0.2, 0.25) is 0 Å². The van der Waals surface area contributed by atoms with Crippen molar-refractivity contribution in [3.05, 3.63) is 60.5 Å². The van der Waals surface area contributed by atoms with Crippen molar-refractivity contribution in [1.29, 1.82) is 5.26 Å². The average Bonchev–Trinajstić information content (AvgIpc) is 2.72. The van der Waals surface area contributed by atoms with Gasteiger partial charge in [0.15, 0.2) is 0 Å². The number of hydrogen-bond acceptors (Lipinski definition) is 2. The van der Waals surface area contributed by atoms with Gasteiger partial charge in [-0.15, -0.1) is 0 Å². The van der Waals surface area contributed by atoms with E-state index in [0.717, 1.165) is 37.1 Å². The summed E-state index contributed by atoms with van der Waals surface area (Å²) in [6.07, 6.45) is 14.9. The summed E-state index contributed by atoms with van der Waals surface area (Å²) in [5, 5.41) is 12.7. The molecular formula is C34H58N2. The van der Waals surface area contributed by atoms with Gasteiger partial charge in [-0.1, -0.05) is 106 Å².